The molecule has 0 aliphatic carbocycles. The lowest BCUT2D eigenvalue weighted by molar-refractivity contribution is -0.127. The summed E-state index contributed by atoms with van der Waals surface area (Å²) >= 11 is 6.79. The molecule has 2 fully saturated rings. The number of methoxy groups -OCH3 is 2. The first-order valence-electron chi connectivity index (χ1n) is 10.2. The van der Waals surface area contributed by atoms with E-state index in [2.05, 4.69) is 21.8 Å². The van der Waals surface area contributed by atoms with Crippen LogP contribution in [0.1, 0.15) is 12.5 Å². The van der Waals surface area contributed by atoms with Gasteiger partial charge < -0.3 is 24.8 Å². The lowest BCUT2D eigenvalue weighted by Crippen LogP contribution is -2.66. The van der Waals surface area contributed by atoms with Crippen LogP contribution in [0.15, 0.2) is 18.3 Å². The SMILES string of the molecule is CCc1c(OC)cc(OC)c(Cl)c1-c1cc2cnc(N)nc2c(N2CC3(COC3)C2)n1. The van der Waals surface area contributed by atoms with Crippen LogP contribution in [0.3, 0.4) is 0 Å². The van der Waals surface area contributed by atoms with Crippen LogP contribution < -0.4 is 20.1 Å². The molecule has 2 saturated heterocycles. The molecule has 0 radical (unpaired) electrons. The van der Waals surface area contributed by atoms with Crippen molar-refractivity contribution in [3.63, 3.8) is 0 Å². The van der Waals surface area contributed by atoms with E-state index >= 15 is 0 Å². The quantitative estimate of drug-likeness (QED) is 0.644. The average molecular weight is 442 g/mol. The van der Waals surface area contributed by atoms with E-state index in [-0.39, 0.29) is 11.4 Å². The van der Waals surface area contributed by atoms with Crippen LogP contribution in [0.25, 0.3) is 22.2 Å². The Labute approximate surface area is 185 Å². The number of pyridine rings is 1. The highest BCUT2D eigenvalue weighted by molar-refractivity contribution is 6.35. The van der Waals surface area contributed by atoms with Crippen molar-refractivity contribution >= 4 is 34.3 Å². The molecule has 162 valence electrons. The minimum atomic E-state index is 0.223. The predicted octanol–water partition coefficient (Wildman–Crippen LogP) is 3.34. The van der Waals surface area contributed by atoms with Crippen molar-refractivity contribution in [2.45, 2.75) is 13.3 Å². The molecule has 0 unspecified atom stereocenters. The summed E-state index contributed by atoms with van der Waals surface area (Å²) in [5.74, 6) is 2.25. The van der Waals surface area contributed by atoms with Crippen molar-refractivity contribution in [3.8, 4) is 22.8 Å². The standard InChI is InChI=1S/C22H24ClN5O3/c1-4-13-15(29-2)6-16(30-3)18(23)17(13)14-5-12-7-25-21(24)27-19(12)20(26-14)28-8-22(9-28)10-31-11-22/h5-7H,4,8-11H2,1-3H3,(H2,24,25,27). The maximum atomic E-state index is 6.79. The van der Waals surface area contributed by atoms with Crippen LogP contribution in [-0.2, 0) is 11.2 Å². The molecule has 2 aliphatic rings. The van der Waals surface area contributed by atoms with Gasteiger partial charge in [0.05, 0.1) is 43.6 Å². The summed E-state index contributed by atoms with van der Waals surface area (Å²) in [6, 6.07) is 3.76. The Balaban J connectivity index is 1.72. The highest BCUT2D eigenvalue weighted by atomic mass is 35.5. The molecular weight excluding hydrogens is 418 g/mol. The largest absolute Gasteiger partial charge is 0.496 e. The fourth-order valence-electron chi connectivity index (χ4n) is 4.47. The lowest BCUT2D eigenvalue weighted by atomic mass is 9.78. The average Bonchev–Trinajstić information content (AvgIpc) is 2.71. The zero-order valence-corrected chi connectivity index (χ0v) is 18.5. The van der Waals surface area contributed by atoms with Gasteiger partial charge in [-0.1, -0.05) is 18.5 Å². The molecule has 0 saturated carbocycles. The van der Waals surface area contributed by atoms with Crippen molar-refractivity contribution in [2.24, 2.45) is 5.41 Å². The molecule has 2 aliphatic heterocycles. The fraction of sp³-hybridized carbons (Fsp3) is 0.409. The highest BCUT2D eigenvalue weighted by Gasteiger charge is 2.50. The van der Waals surface area contributed by atoms with Crippen molar-refractivity contribution in [3.05, 3.63) is 28.9 Å². The summed E-state index contributed by atoms with van der Waals surface area (Å²) in [6.45, 7) is 5.39. The third-order valence-corrected chi connectivity index (χ3v) is 6.46. The van der Waals surface area contributed by atoms with Crippen molar-refractivity contribution in [1.82, 2.24) is 15.0 Å². The van der Waals surface area contributed by atoms with Crippen LogP contribution in [0.5, 0.6) is 11.5 Å². The molecule has 2 aromatic heterocycles. The topological polar surface area (TPSA) is 95.6 Å². The monoisotopic (exact) mass is 441 g/mol. The Bertz CT molecular complexity index is 1170. The smallest absolute Gasteiger partial charge is 0.220 e. The Morgan fingerprint density at radius 2 is 1.90 bits per heavy atom. The van der Waals surface area contributed by atoms with Gasteiger partial charge in [0.15, 0.2) is 5.82 Å². The second kappa shape index (κ2) is 7.39. The second-order valence-electron chi connectivity index (χ2n) is 8.15. The van der Waals surface area contributed by atoms with Crippen LogP contribution >= 0.6 is 11.6 Å². The number of halogens is 1. The number of benzene rings is 1. The number of nitrogens with zero attached hydrogens (tertiary/aromatic N) is 4. The number of nitrogen functional groups attached to an aromatic ring is 1. The van der Waals surface area contributed by atoms with Crippen LogP contribution in [0.4, 0.5) is 11.8 Å². The number of aromatic nitrogens is 3. The van der Waals surface area contributed by atoms with Gasteiger partial charge in [-0.25, -0.2) is 15.0 Å². The van der Waals surface area contributed by atoms with Crippen molar-refractivity contribution < 1.29 is 14.2 Å². The molecule has 5 rings (SSSR count). The van der Waals surface area contributed by atoms with Gasteiger partial charge in [-0.2, -0.15) is 0 Å². The Morgan fingerprint density at radius 3 is 2.52 bits per heavy atom. The van der Waals surface area contributed by atoms with E-state index in [1.807, 2.05) is 12.1 Å². The number of ether oxygens (including phenoxy) is 3. The van der Waals surface area contributed by atoms with Crippen molar-refractivity contribution in [1.29, 1.82) is 0 Å². The normalized spacial score (nSPS) is 16.8. The molecule has 31 heavy (non-hydrogen) atoms. The maximum Gasteiger partial charge on any atom is 0.220 e. The number of nitrogens with two attached hydrogens (primary N) is 1. The van der Waals surface area contributed by atoms with Crippen LogP contribution in [0, 0.1) is 5.41 Å². The van der Waals surface area contributed by atoms with Gasteiger partial charge in [-0.3, -0.25) is 0 Å². The Morgan fingerprint density at radius 1 is 1.16 bits per heavy atom. The molecule has 8 nitrogen and oxygen atoms in total. The summed E-state index contributed by atoms with van der Waals surface area (Å²) in [7, 11) is 3.23. The van der Waals surface area contributed by atoms with E-state index in [9.17, 15) is 0 Å². The lowest BCUT2D eigenvalue weighted by Gasteiger charge is -2.55. The molecule has 2 N–H and O–H groups in total. The highest BCUT2D eigenvalue weighted by Crippen LogP contribution is 2.46. The maximum absolute atomic E-state index is 6.79. The predicted molar refractivity (Wildman–Crippen MR) is 120 cm³/mol. The van der Waals surface area contributed by atoms with Crippen LogP contribution in [-0.4, -0.2) is 55.5 Å². The first-order chi connectivity index (χ1) is 15.0. The molecule has 4 heterocycles. The van der Waals surface area contributed by atoms with E-state index < -0.39 is 0 Å². The van der Waals surface area contributed by atoms with Gasteiger partial charge in [0, 0.05) is 41.9 Å². The molecule has 0 atom stereocenters. The summed E-state index contributed by atoms with van der Waals surface area (Å²) in [6.07, 6.45) is 2.45. The molecule has 9 heteroatoms. The number of rotatable bonds is 5. The molecule has 1 spiro atoms. The van der Waals surface area contributed by atoms with Gasteiger partial charge in [0.2, 0.25) is 5.95 Å². The summed E-state index contributed by atoms with van der Waals surface area (Å²) in [5, 5.41) is 1.35. The molecule has 3 aromatic rings. The first kappa shape index (κ1) is 20.1. The summed E-state index contributed by atoms with van der Waals surface area (Å²) in [4.78, 5) is 15.9. The Hall–Kier alpha value is -2.84. The minimum Gasteiger partial charge on any atom is -0.496 e. The third kappa shape index (κ3) is 3.13. The van der Waals surface area contributed by atoms with Crippen molar-refractivity contribution in [2.75, 3.05) is 51.2 Å². The molecular formula is C22H24ClN5O3. The molecule has 1 aromatic carbocycles. The van der Waals surface area contributed by atoms with E-state index in [1.54, 1.807) is 20.4 Å². The second-order valence-corrected chi connectivity index (χ2v) is 8.53. The van der Waals surface area contributed by atoms with E-state index in [0.29, 0.717) is 16.5 Å². The van der Waals surface area contributed by atoms with Gasteiger partial charge in [0.25, 0.3) is 0 Å². The van der Waals surface area contributed by atoms with Crippen LogP contribution in [0.2, 0.25) is 5.02 Å². The zero-order chi connectivity index (χ0) is 21.8. The fourth-order valence-corrected chi connectivity index (χ4v) is 4.81. The Kier molecular flexibility index (Phi) is 4.79. The summed E-state index contributed by atoms with van der Waals surface area (Å²) in [5.41, 5.74) is 9.34. The van der Waals surface area contributed by atoms with Gasteiger partial charge in [-0.05, 0) is 12.5 Å². The number of hydrogen-bond acceptors (Lipinski definition) is 8. The van der Waals surface area contributed by atoms with E-state index in [4.69, 9.17) is 36.5 Å². The van der Waals surface area contributed by atoms with Gasteiger partial charge in [-0.15, -0.1) is 0 Å². The van der Waals surface area contributed by atoms with E-state index in [1.165, 1.54) is 0 Å². The number of hydrogen-bond donors (Lipinski definition) is 1. The van der Waals surface area contributed by atoms with Gasteiger partial charge >= 0.3 is 0 Å². The third-order valence-electron chi connectivity index (χ3n) is 6.08. The number of fused-ring (bicyclic) bond motifs is 1. The van der Waals surface area contributed by atoms with Gasteiger partial charge in [0.1, 0.15) is 17.0 Å². The molecule has 0 amide bonds. The number of anilines is 2. The zero-order valence-electron chi connectivity index (χ0n) is 17.7. The van der Waals surface area contributed by atoms with E-state index in [0.717, 1.165) is 66.3 Å². The minimum absolute atomic E-state index is 0.223. The molecule has 0 bridgehead atoms. The summed E-state index contributed by atoms with van der Waals surface area (Å²) < 4.78 is 16.6. The first-order valence-corrected chi connectivity index (χ1v) is 10.6.